The number of aromatic nitrogens is 2. The van der Waals surface area contributed by atoms with Crippen molar-refractivity contribution in [1.82, 2.24) is 9.97 Å². The fraction of sp³-hybridized carbons (Fsp3) is 0. The summed E-state index contributed by atoms with van der Waals surface area (Å²) in [6.45, 7) is 0. The van der Waals surface area contributed by atoms with Gasteiger partial charge in [-0.05, 0) is 24.3 Å². The Balaban J connectivity index is 0.000000210. The minimum atomic E-state index is -0.639. The molecule has 2 aromatic heterocycles. The lowest BCUT2D eigenvalue weighted by Gasteiger charge is -1.70. The van der Waals surface area contributed by atoms with Gasteiger partial charge < -0.3 is 0 Å². The summed E-state index contributed by atoms with van der Waals surface area (Å²) in [5.41, 5.74) is 0. The average Bonchev–Trinajstić information content (AvgIpc) is 2.35. The van der Waals surface area contributed by atoms with Crippen LogP contribution in [0.2, 0.25) is 0 Å². The highest BCUT2D eigenvalue weighted by molar-refractivity contribution is 7.22. The minimum Gasteiger partial charge on any atom is -0.265 e. The Bertz CT molecular complexity index is 210. The number of pyridine rings is 2. The first kappa shape index (κ1) is 14.1. The van der Waals surface area contributed by atoms with Crippen molar-refractivity contribution in [2.45, 2.75) is 0 Å². The topological polar surface area (TPSA) is 25.8 Å². The van der Waals surface area contributed by atoms with Gasteiger partial charge in [-0.1, -0.05) is 12.1 Å². The monoisotopic (exact) mass is 258 g/mol. The van der Waals surface area contributed by atoms with Crippen LogP contribution in [0.25, 0.3) is 0 Å². The molecule has 0 spiro atoms. The van der Waals surface area contributed by atoms with Gasteiger partial charge in [-0.25, -0.2) is 0 Å². The van der Waals surface area contributed by atoms with Crippen LogP contribution < -0.4 is 0 Å². The van der Waals surface area contributed by atoms with Crippen LogP contribution in [0, 0.1) is 0 Å². The van der Waals surface area contributed by atoms with Crippen LogP contribution in [-0.4, -0.2) is 18.1 Å². The Labute approximate surface area is 102 Å². The molecule has 2 aromatic rings. The molecule has 0 N–H and O–H groups in total. The summed E-state index contributed by atoms with van der Waals surface area (Å²) in [4.78, 5) is 7.57. The van der Waals surface area contributed by atoms with Crippen LogP contribution in [0.5, 0.6) is 0 Å². The normalized spacial score (nSPS) is 7.60. The second-order valence-electron chi connectivity index (χ2n) is 2.15. The van der Waals surface area contributed by atoms with E-state index in [1.807, 2.05) is 36.4 Å². The van der Waals surface area contributed by atoms with Crippen molar-refractivity contribution in [2.24, 2.45) is 0 Å². The Kier molecular flexibility index (Phi) is 12.3. The molecule has 80 valence electrons. The van der Waals surface area contributed by atoms with Gasteiger partial charge in [-0.2, -0.15) is 22.2 Å². The summed E-state index contributed by atoms with van der Waals surface area (Å²) in [6.07, 6.45) is 7.00. The van der Waals surface area contributed by atoms with Crippen molar-refractivity contribution in [3.63, 3.8) is 0 Å². The molecule has 0 fully saturated rings. The summed E-state index contributed by atoms with van der Waals surface area (Å²) in [7, 11) is -0.639. The molecule has 5 heteroatoms. The lowest BCUT2D eigenvalue weighted by Crippen LogP contribution is -1.58. The molecule has 0 aliphatic heterocycles. The van der Waals surface area contributed by atoms with Gasteiger partial charge in [0.1, 0.15) is 0 Å². The fourth-order valence-corrected chi connectivity index (χ4v) is 0.625. The van der Waals surface area contributed by atoms with Gasteiger partial charge in [0, 0.05) is 24.8 Å². The molecule has 0 aliphatic rings. The zero-order valence-corrected chi connectivity index (χ0v) is 11.1. The average molecular weight is 259 g/mol. The molecule has 0 atom stereocenters. The maximum Gasteiger partial charge on any atom is 0.222 e. The van der Waals surface area contributed by atoms with Gasteiger partial charge in [-0.15, -0.1) is 0 Å². The van der Waals surface area contributed by atoms with E-state index in [1.54, 1.807) is 24.8 Å². The molecule has 15 heavy (non-hydrogen) atoms. The van der Waals surface area contributed by atoms with Gasteiger partial charge in [0.05, 0.1) is 0 Å². The second kappa shape index (κ2) is 13.1. The molecule has 0 amide bonds. The largest absolute Gasteiger partial charge is 0.265 e. The SMILES string of the molecule is Cl[SiH2]Cl.c1ccncc1.c1ccncc1. The summed E-state index contributed by atoms with van der Waals surface area (Å²) in [5, 5.41) is 0. The third-order valence-electron chi connectivity index (χ3n) is 1.13. The van der Waals surface area contributed by atoms with E-state index in [0.29, 0.717) is 0 Å². The molecule has 0 saturated heterocycles. The van der Waals surface area contributed by atoms with E-state index in [1.165, 1.54) is 0 Å². The zero-order valence-electron chi connectivity index (χ0n) is 8.13. The zero-order chi connectivity index (χ0) is 11.2. The van der Waals surface area contributed by atoms with Gasteiger partial charge >= 0.3 is 0 Å². The third-order valence-corrected chi connectivity index (χ3v) is 1.13. The van der Waals surface area contributed by atoms with E-state index in [4.69, 9.17) is 22.2 Å². The number of halogens is 2. The molecule has 0 aliphatic carbocycles. The standard InChI is InChI=1S/2C5H5N.Cl2H2Si/c2*1-2-4-6-5-3-1;1-3-2/h2*1-5H;3H2. The van der Waals surface area contributed by atoms with Crippen LogP contribution >= 0.6 is 22.2 Å². The molecule has 0 bridgehead atoms. The number of nitrogens with zero attached hydrogens (tertiary/aromatic N) is 2. The maximum atomic E-state index is 4.90. The Morgan fingerprint density at radius 2 is 0.867 bits per heavy atom. The molecular weight excluding hydrogens is 247 g/mol. The minimum absolute atomic E-state index is 0.639. The van der Waals surface area contributed by atoms with Crippen molar-refractivity contribution in [3.05, 3.63) is 61.2 Å². The molecular formula is C10H12Cl2N2Si. The molecule has 0 saturated carbocycles. The summed E-state index contributed by atoms with van der Waals surface area (Å²) >= 11 is 9.81. The van der Waals surface area contributed by atoms with Gasteiger partial charge in [0.25, 0.3) is 0 Å². The van der Waals surface area contributed by atoms with E-state index in [2.05, 4.69) is 9.97 Å². The maximum absolute atomic E-state index is 4.90. The second-order valence-corrected chi connectivity index (χ2v) is 4.78. The van der Waals surface area contributed by atoms with E-state index in [9.17, 15) is 0 Å². The third kappa shape index (κ3) is 13.1. The van der Waals surface area contributed by atoms with Crippen molar-refractivity contribution < 1.29 is 0 Å². The smallest absolute Gasteiger partial charge is 0.222 e. The number of hydrogen-bond acceptors (Lipinski definition) is 2. The van der Waals surface area contributed by atoms with Crippen LogP contribution in [0.3, 0.4) is 0 Å². The van der Waals surface area contributed by atoms with E-state index < -0.39 is 8.14 Å². The summed E-state index contributed by atoms with van der Waals surface area (Å²) in [6, 6.07) is 11.4. The molecule has 0 unspecified atom stereocenters. The number of rotatable bonds is 0. The first-order valence-electron chi connectivity index (χ1n) is 4.23. The lowest BCUT2D eigenvalue weighted by atomic mass is 10.5. The van der Waals surface area contributed by atoms with Crippen molar-refractivity contribution in [2.75, 3.05) is 0 Å². The predicted molar refractivity (Wildman–Crippen MR) is 68.7 cm³/mol. The van der Waals surface area contributed by atoms with E-state index in [-0.39, 0.29) is 0 Å². The van der Waals surface area contributed by atoms with Gasteiger partial charge in [0.15, 0.2) is 0 Å². The summed E-state index contributed by atoms with van der Waals surface area (Å²) in [5.74, 6) is 0. The first-order chi connectivity index (χ1) is 7.41. The van der Waals surface area contributed by atoms with Gasteiger partial charge in [0.2, 0.25) is 8.14 Å². The summed E-state index contributed by atoms with van der Waals surface area (Å²) < 4.78 is 0. The van der Waals surface area contributed by atoms with Crippen LogP contribution in [0.4, 0.5) is 0 Å². The highest BCUT2D eigenvalue weighted by Gasteiger charge is 1.59. The molecule has 2 nitrogen and oxygen atoms in total. The van der Waals surface area contributed by atoms with Crippen molar-refractivity contribution >= 4 is 30.3 Å². The first-order valence-corrected chi connectivity index (χ1v) is 8.51. The van der Waals surface area contributed by atoms with Gasteiger partial charge in [-0.3, -0.25) is 9.97 Å². The predicted octanol–water partition coefficient (Wildman–Crippen LogP) is 2.63. The molecule has 0 aromatic carbocycles. The lowest BCUT2D eigenvalue weighted by molar-refractivity contribution is 1.33. The van der Waals surface area contributed by atoms with Crippen LogP contribution in [-0.2, 0) is 0 Å². The number of hydrogen-bond donors (Lipinski definition) is 0. The fourth-order valence-electron chi connectivity index (χ4n) is 0.625. The quantitative estimate of drug-likeness (QED) is 0.537. The van der Waals surface area contributed by atoms with Crippen LogP contribution in [0.1, 0.15) is 0 Å². The molecule has 0 radical (unpaired) electrons. The van der Waals surface area contributed by atoms with Crippen LogP contribution in [0.15, 0.2) is 61.2 Å². The van der Waals surface area contributed by atoms with E-state index >= 15 is 0 Å². The Hall–Kier alpha value is -0.903. The highest BCUT2D eigenvalue weighted by Crippen LogP contribution is 1.74. The Morgan fingerprint density at radius 3 is 0.933 bits per heavy atom. The molecule has 2 rings (SSSR count). The van der Waals surface area contributed by atoms with Crippen molar-refractivity contribution in [1.29, 1.82) is 0 Å². The Morgan fingerprint density at radius 1 is 0.600 bits per heavy atom. The van der Waals surface area contributed by atoms with Crippen molar-refractivity contribution in [3.8, 4) is 0 Å². The highest BCUT2D eigenvalue weighted by atomic mass is 35.7. The van der Waals surface area contributed by atoms with E-state index in [0.717, 1.165) is 0 Å². The molecule has 2 heterocycles.